The number of rotatable bonds is 7. The van der Waals surface area contributed by atoms with E-state index in [4.69, 9.17) is 0 Å². The third-order valence-electron chi connectivity index (χ3n) is 5.98. The second-order valence-electron chi connectivity index (χ2n) is 9.81. The average molecular weight is 442 g/mol. The minimum absolute atomic E-state index is 0.215. The first-order chi connectivity index (χ1) is 15.8. The standard InChI is InChI=1S/C30H34FN2/c1-21(2)17-26-19-25(23-9-7-6-8-10-23)20-27(18-22(3)4)29(26)33-16-15-32(5)30(33)24-11-13-28(31)14-12-24/h6-16,19-22H,17-18H2,1-5H3/q+1. The van der Waals surface area contributed by atoms with Crippen LogP contribution in [0.15, 0.2) is 79.1 Å². The number of hydrogen-bond donors (Lipinski definition) is 0. The molecular formula is C30H34FN2+. The molecule has 0 saturated carbocycles. The largest absolute Gasteiger partial charge is 0.293 e. The van der Waals surface area contributed by atoms with Crippen LogP contribution in [0.1, 0.15) is 38.8 Å². The molecule has 0 amide bonds. The maximum Gasteiger partial charge on any atom is 0.293 e. The molecule has 0 spiro atoms. The third kappa shape index (κ3) is 5.08. The molecule has 0 aliphatic carbocycles. The number of imidazole rings is 1. The van der Waals surface area contributed by atoms with Crippen LogP contribution in [0.2, 0.25) is 0 Å². The van der Waals surface area contributed by atoms with Gasteiger partial charge in [-0.3, -0.25) is 0 Å². The molecule has 1 aromatic heterocycles. The number of benzene rings is 3. The van der Waals surface area contributed by atoms with E-state index in [2.05, 4.69) is 98.7 Å². The van der Waals surface area contributed by atoms with Crippen LogP contribution < -0.4 is 4.57 Å². The van der Waals surface area contributed by atoms with Crippen LogP contribution in [0.4, 0.5) is 4.39 Å². The highest BCUT2D eigenvalue weighted by Crippen LogP contribution is 2.33. The van der Waals surface area contributed by atoms with Gasteiger partial charge in [0.05, 0.1) is 12.6 Å². The maximum atomic E-state index is 13.7. The van der Waals surface area contributed by atoms with Crippen LogP contribution in [-0.2, 0) is 19.9 Å². The first-order valence-corrected chi connectivity index (χ1v) is 11.9. The third-order valence-corrected chi connectivity index (χ3v) is 5.98. The summed E-state index contributed by atoms with van der Waals surface area (Å²) in [7, 11) is 2.05. The van der Waals surface area contributed by atoms with Gasteiger partial charge in [0.15, 0.2) is 0 Å². The van der Waals surface area contributed by atoms with E-state index in [0.29, 0.717) is 11.8 Å². The summed E-state index contributed by atoms with van der Waals surface area (Å²) in [5.41, 5.74) is 7.48. The highest BCUT2D eigenvalue weighted by Gasteiger charge is 2.25. The van der Waals surface area contributed by atoms with Crippen molar-refractivity contribution in [1.82, 2.24) is 4.57 Å². The molecule has 0 aliphatic rings. The Morgan fingerprint density at radius 2 is 1.33 bits per heavy atom. The van der Waals surface area contributed by atoms with Gasteiger partial charge in [0, 0.05) is 11.1 Å². The van der Waals surface area contributed by atoms with E-state index in [9.17, 15) is 4.39 Å². The first kappa shape index (κ1) is 23.0. The van der Waals surface area contributed by atoms with Gasteiger partial charge in [-0.05, 0) is 72.2 Å². The Morgan fingerprint density at radius 3 is 1.88 bits per heavy atom. The summed E-state index contributed by atoms with van der Waals surface area (Å²) in [4.78, 5) is 0. The molecule has 0 radical (unpaired) electrons. The van der Waals surface area contributed by atoms with Crippen molar-refractivity contribution in [2.24, 2.45) is 18.9 Å². The number of aryl methyl sites for hydroxylation is 1. The van der Waals surface area contributed by atoms with Crippen molar-refractivity contribution in [1.29, 1.82) is 0 Å². The fraction of sp³-hybridized carbons (Fsp3) is 0.300. The van der Waals surface area contributed by atoms with Crippen LogP contribution in [0, 0.1) is 17.7 Å². The second-order valence-corrected chi connectivity index (χ2v) is 9.81. The molecule has 3 heteroatoms. The smallest absolute Gasteiger partial charge is 0.232 e. The molecular weight excluding hydrogens is 407 g/mol. The molecule has 0 fully saturated rings. The Labute approximate surface area is 197 Å². The second kappa shape index (κ2) is 9.74. The van der Waals surface area contributed by atoms with Crippen molar-refractivity contribution in [3.63, 3.8) is 0 Å². The van der Waals surface area contributed by atoms with Gasteiger partial charge < -0.3 is 0 Å². The van der Waals surface area contributed by atoms with Crippen LogP contribution in [0.3, 0.4) is 0 Å². The summed E-state index contributed by atoms with van der Waals surface area (Å²) in [6.07, 6.45) is 6.21. The summed E-state index contributed by atoms with van der Waals surface area (Å²) < 4.78 is 18.1. The number of nitrogens with zero attached hydrogens (tertiary/aromatic N) is 2. The van der Waals surface area contributed by atoms with Crippen molar-refractivity contribution in [2.45, 2.75) is 40.5 Å². The Bertz CT molecular complexity index is 1190. The Hall–Kier alpha value is -3.20. The van der Waals surface area contributed by atoms with E-state index in [1.165, 1.54) is 40.1 Å². The number of hydrogen-bond acceptors (Lipinski definition) is 0. The summed E-state index contributed by atoms with van der Waals surface area (Å²) in [6.45, 7) is 9.10. The van der Waals surface area contributed by atoms with Gasteiger partial charge in [-0.1, -0.05) is 58.0 Å². The topological polar surface area (TPSA) is 8.81 Å². The SMILES string of the molecule is CC(C)Cc1cc(-c2ccccc2)cc(CC(C)C)c1-n1cc[n+](C)c1-c1ccc(F)cc1. The van der Waals surface area contributed by atoms with Gasteiger partial charge in [-0.15, -0.1) is 0 Å². The summed E-state index contributed by atoms with van der Waals surface area (Å²) in [5, 5.41) is 0. The summed E-state index contributed by atoms with van der Waals surface area (Å²) in [6, 6.07) is 22.2. The summed E-state index contributed by atoms with van der Waals surface area (Å²) in [5.74, 6) is 1.89. The van der Waals surface area contributed by atoms with Crippen LogP contribution in [0.25, 0.3) is 28.2 Å². The number of halogens is 1. The molecule has 4 rings (SSSR count). The normalized spacial score (nSPS) is 11.5. The lowest BCUT2D eigenvalue weighted by molar-refractivity contribution is -0.659. The minimum Gasteiger partial charge on any atom is -0.232 e. The van der Waals surface area contributed by atoms with Gasteiger partial charge in [-0.2, -0.15) is 4.57 Å². The lowest BCUT2D eigenvalue weighted by atomic mass is 9.90. The van der Waals surface area contributed by atoms with E-state index in [0.717, 1.165) is 24.2 Å². The van der Waals surface area contributed by atoms with Gasteiger partial charge in [0.25, 0.3) is 5.82 Å². The maximum absolute atomic E-state index is 13.7. The van der Waals surface area contributed by atoms with E-state index in [1.807, 2.05) is 12.1 Å². The molecule has 33 heavy (non-hydrogen) atoms. The molecule has 0 bridgehead atoms. The summed E-state index contributed by atoms with van der Waals surface area (Å²) >= 11 is 0. The zero-order chi connectivity index (χ0) is 23.5. The van der Waals surface area contributed by atoms with Gasteiger partial charge in [-0.25, -0.2) is 8.96 Å². The van der Waals surface area contributed by atoms with Crippen LogP contribution in [0.5, 0.6) is 0 Å². The zero-order valence-corrected chi connectivity index (χ0v) is 20.3. The predicted octanol–water partition coefficient (Wildman–Crippen LogP) is 7.17. The highest BCUT2D eigenvalue weighted by atomic mass is 19.1. The van der Waals surface area contributed by atoms with E-state index in [-0.39, 0.29) is 5.82 Å². The van der Waals surface area contributed by atoms with Gasteiger partial charge in [0.1, 0.15) is 23.9 Å². The monoisotopic (exact) mass is 441 g/mol. The Balaban J connectivity index is 1.98. The van der Waals surface area contributed by atoms with Crippen molar-refractivity contribution in [3.05, 3.63) is 96.1 Å². The molecule has 3 aromatic carbocycles. The molecule has 170 valence electrons. The number of aromatic nitrogens is 2. The lowest BCUT2D eigenvalue weighted by Crippen LogP contribution is -2.29. The molecule has 2 nitrogen and oxygen atoms in total. The van der Waals surface area contributed by atoms with Crippen molar-refractivity contribution in [2.75, 3.05) is 0 Å². The fourth-order valence-corrected chi connectivity index (χ4v) is 4.66. The molecule has 1 heterocycles. The van der Waals surface area contributed by atoms with E-state index >= 15 is 0 Å². The predicted molar refractivity (Wildman–Crippen MR) is 135 cm³/mol. The average Bonchev–Trinajstić information content (AvgIpc) is 3.15. The molecule has 0 saturated heterocycles. The van der Waals surface area contributed by atoms with Crippen LogP contribution >= 0.6 is 0 Å². The van der Waals surface area contributed by atoms with Gasteiger partial charge in [0.2, 0.25) is 0 Å². The van der Waals surface area contributed by atoms with Gasteiger partial charge >= 0.3 is 0 Å². The first-order valence-electron chi connectivity index (χ1n) is 11.9. The Kier molecular flexibility index (Phi) is 6.78. The van der Waals surface area contributed by atoms with Crippen molar-refractivity contribution >= 4 is 0 Å². The van der Waals surface area contributed by atoms with Crippen LogP contribution in [-0.4, -0.2) is 4.57 Å². The quantitative estimate of drug-likeness (QED) is 0.269. The van der Waals surface area contributed by atoms with Crippen molar-refractivity contribution in [3.8, 4) is 28.2 Å². The molecule has 0 aliphatic heterocycles. The van der Waals surface area contributed by atoms with E-state index < -0.39 is 0 Å². The fourth-order valence-electron chi connectivity index (χ4n) is 4.66. The Morgan fingerprint density at radius 1 is 0.758 bits per heavy atom. The minimum atomic E-state index is -0.215. The van der Waals surface area contributed by atoms with Crippen molar-refractivity contribution < 1.29 is 8.96 Å². The molecule has 0 unspecified atom stereocenters. The molecule has 0 N–H and O–H groups in total. The molecule has 4 aromatic rings. The zero-order valence-electron chi connectivity index (χ0n) is 20.3. The lowest BCUT2D eigenvalue weighted by Gasteiger charge is -2.19. The molecule has 0 atom stereocenters. The van der Waals surface area contributed by atoms with E-state index in [1.54, 1.807) is 0 Å². The highest BCUT2D eigenvalue weighted by molar-refractivity contribution is 5.70.